The van der Waals surface area contributed by atoms with E-state index < -0.39 is 6.04 Å². The molecular weight excluding hydrogens is 264 g/mol. The van der Waals surface area contributed by atoms with Crippen molar-refractivity contribution in [2.45, 2.75) is 46.7 Å². The third kappa shape index (κ3) is 5.98. The van der Waals surface area contributed by atoms with Crippen molar-refractivity contribution in [1.82, 2.24) is 10.2 Å². The van der Waals surface area contributed by atoms with Crippen LogP contribution < -0.4 is 5.32 Å². The van der Waals surface area contributed by atoms with Gasteiger partial charge in [-0.2, -0.15) is 0 Å². The van der Waals surface area contributed by atoms with Crippen LogP contribution in [0.25, 0.3) is 0 Å². The molecule has 1 aromatic carbocycles. The minimum atomic E-state index is -0.463. The van der Waals surface area contributed by atoms with Crippen LogP contribution >= 0.6 is 0 Å². The fourth-order valence-corrected chi connectivity index (χ4v) is 2.07. The lowest BCUT2D eigenvalue weighted by atomic mass is 10.1. The predicted octanol–water partition coefficient (Wildman–Crippen LogP) is 2.59. The molecule has 0 fully saturated rings. The van der Waals surface area contributed by atoms with Crippen LogP contribution in [-0.2, 0) is 16.1 Å². The van der Waals surface area contributed by atoms with Gasteiger partial charge in [0.15, 0.2) is 0 Å². The SMILES string of the molecule is CC(=O)N(Cc1ccccc1)C(C)C(=O)NCCC(C)C. The zero-order valence-electron chi connectivity index (χ0n) is 13.4. The Morgan fingerprint density at radius 3 is 2.29 bits per heavy atom. The van der Waals surface area contributed by atoms with Gasteiger partial charge in [0.05, 0.1) is 0 Å². The quantitative estimate of drug-likeness (QED) is 0.839. The normalized spacial score (nSPS) is 12.0. The Labute approximate surface area is 127 Å². The standard InChI is InChI=1S/C17H26N2O2/c1-13(2)10-11-18-17(21)14(3)19(15(4)20)12-16-8-6-5-7-9-16/h5-9,13-14H,10-12H2,1-4H3,(H,18,21). The Kier molecular flexibility index (Phi) is 6.92. The van der Waals surface area contributed by atoms with Gasteiger partial charge in [0, 0.05) is 20.0 Å². The number of benzene rings is 1. The predicted molar refractivity (Wildman–Crippen MR) is 84.6 cm³/mol. The largest absolute Gasteiger partial charge is 0.354 e. The summed E-state index contributed by atoms with van der Waals surface area (Å²) < 4.78 is 0. The smallest absolute Gasteiger partial charge is 0.242 e. The summed E-state index contributed by atoms with van der Waals surface area (Å²) in [6.07, 6.45) is 0.942. The number of rotatable bonds is 7. The number of amides is 2. The highest BCUT2D eigenvalue weighted by molar-refractivity contribution is 5.86. The fourth-order valence-electron chi connectivity index (χ4n) is 2.07. The summed E-state index contributed by atoms with van der Waals surface area (Å²) in [6, 6.07) is 9.25. The summed E-state index contributed by atoms with van der Waals surface area (Å²) in [4.78, 5) is 25.6. The molecule has 116 valence electrons. The average Bonchev–Trinajstić information content (AvgIpc) is 2.44. The van der Waals surface area contributed by atoms with Crippen LogP contribution in [0.5, 0.6) is 0 Å². The molecule has 4 heteroatoms. The zero-order valence-corrected chi connectivity index (χ0v) is 13.4. The van der Waals surface area contributed by atoms with Crippen LogP contribution in [0.15, 0.2) is 30.3 Å². The minimum absolute atomic E-state index is 0.0923. The van der Waals surface area contributed by atoms with Crippen molar-refractivity contribution in [2.75, 3.05) is 6.54 Å². The molecule has 1 unspecified atom stereocenters. The van der Waals surface area contributed by atoms with E-state index in [1.54, 1.807) is 11.8 Å². The van der Waals surface area contributed by atoms with E-state index >= 15 is 0 Å². The second-order valence-electron chi connectivity index (χ2n) is 5.78. The number of hydrogen-bond donors (Lipinski definition) is 1. The van der Waals surface area contributed by atoms with Crippen molar-refractivity contribution in [2.24, 2.45) is 5.92 Å². The van der Waals surface area contributed by atoms with Gasteiger partial charge in [0.25, 0.3) is 0 Å². The first-order chi connectivity index (χ1) is 9.91. The molecule has 0 heterocycles. The number of hydrogen-bond acceptors (Lipinski definition) is 2. The van der Waals surface area contributed by atoms with E-state index in [0.29, 0.717) is 19.0 Å². The van der Waals surface area contributed by atoms with Crippen molar-refractivity contribution < 1.29 is 9.59 Å². The molecule has 1 atom stereocenters. The van der Waals surface area contributed by atoms with Gasteiger partial charge < -0.3 is 10.2 Å². The lowest BCUT2D eigenvalue weighted by Gasteiger charge is -2.27. The summed E-state index contributed by atoms with van der Waals surface area (Å²) in [6.45, 7) is 8.61. The van der Waals surface area contributed by atoms with Gasteiger partial charge in [-0.05, 0) is 24.8 Å². The Hall–Kier alpha value is -1.84. The van der Waals surface area contributed by atoms with E-state index in [2.05, 4.69) is 19.2 Å². The number of nitrogens with zero attached hydrogens (tertiary/aromatic N) is 1. The van der Waals surface area contributed by atoms with Gasteiger partial charge >= 0.3 is 0 Å². The Bertz CT molecular complexity index is 457. The molecule has 0 aliphatic heterocycles. The van der Waals surface area contributed by atoms with Crippen LogP contribution in [0.1, 0.15) is 39.7 Å². The second-order valence-corrected chi connectivity index (χ2v) is 5.78. The molecule has 0 aliphatic rings. The minimum Gasteiger partial charge on any atom is -0.354 e. The summed E-state index contributed by atoms with van der Waals surface area (Å²) in [5, 5.41) is 2.90. The van der Waals surface area contributed by atoms with Crippen molar-refractivity contribution in [1.29, 1.82) is 0 Å². The summed E-state index contributed by atoms with van der Waals surface area (Å²) >= 11 is 0. The van der Waals surface area contributed by atoms with Crippen LogP contribution in [-0.4, -0.2) is 29.3 Å². The molecule has 0 spiro atoms. The molecule has 2 amide bonds. The first-order valence-electron chi connectivity index (χ1n) is 7.50. The molecular formula is C17H26N2O2. The monoisotopic (exact) mass is 290 g/mol. The topological polar surface area (TPSA) is 49.4 Å². The lowest BCUT2D eigenvalue weighted by molar-refractivity contribution is -0.139. The molecule has 1 rings (SSSR count). The van der Waals surface area contributed by atoms with Gasteiger partial charge in [0.1, 0.15) is 6.04 Å². The Morgan fingerprint density at radius 2 is 1.76 bits per heavy atom. The van der Waals surface area contributed by atoms with Crippen LogP contribution in [0, 0.1) is 5.92 Å². The summed E-state index contributed by atoms with van der Waals surface area (Å²) in [5.74, 6) is 0.362. The van der Waals surface area contributed by atoms with Crippen molar-refractivity contribution in [3.63, 3.8) is 0 Å². The van der Waals surface area contributed by atoms with Gasteiger partial charge in [-0.3, -0.25) is 9.59 Å². The zero-order chi connectivity index (χ0) is 15.8. The molecule has 1 N–H and O–H groups in total. The number of carbonyl (C=O) groups excluding carboxylic acids is 2. The van der Waals surface area contributed by atoms with E-state index in [1.807, 2.05) is 30.3 Å². The molecule has 0 aromatic heterocycles. The highest BCUT2D eigenvalue weighted by atomic mass is 16.2. The van der Waals surface area contributed by atoms with Crippen LogP contribution in [0.3, 0.4) is 0 Å². The number of nitrogens with one attached hydrogen (secondary N) is 1. The molecule has 1 aromatic rings. The third-order valence-electron chi connectivity index (χ3n) is 3.47. The van der Waals surface area contributed by atoms with Crippen molar-refractivity contribution >= 4 is 11.8 Å². The van der Waals surface area contributed by atoms with E-state index in [4.69, 9.17) is 0 Å². The number of carbonyl (C=O) groups is 2. The van der Waals surface area contributed by atoms with E-state index in [0.717, 1.165) is 12.0 Å². The maximum absolute atomic E-state index is 12.2. The molecule has 4 nitrogen and oxygen atoms in total. The Balaban J connectivity index is 2.63. The highest BCUT2D eigenvalue weighted by Gasteiger charge is 2.23. The molecule has 0 bridgehead atoms. The maximum Gasteiger partial charge on any atom is 0.242 e. The third-order valence-corrected chi connectivity index (χ3v) is 3.47. The van der Waals surface area contributed by atoms with Gasteiger partial charge in [-0.15, -0.1) is 0 Å². The van der Waals surface area contributed by atoms with Gasteiger partial charge in [-0.1, -0.05) is 44.2 Å². The van der Waals surface area contributed by atoms with Crippen LogP contribution in [0.2, 0.25) is 0 Å². The van der Waals surface area contributed by atoms with Crippen molar-refractivity contribution in [3.05, 3.63) is 35.9 Å². The molecule has 0 aliphatic carbocycles. The van der Waals surface area contributed by atoms with Gasteiger partial charge in [0.2, 0.25) is 11.8 Å². The molecule has 0 saturated heterocycles. The van der Waals surface area contributed by atoms with Crippen LogP contribution in [0.4, 0.5) is 0 Å². The maximum atomic E-state index is 12.2. The highest BCUT2D eigenvalue weighted by Crippen LogP contribution is 2.09. The Morgan fingerprint density at radius 1 is 1.14 bits per heavy atom. The lowest BCUT2D eigenvalue weighted by Crippen LogP contribution is -2.47. The molecule has 0 radical (unpaired) electrons. The molecule has 21 heavy (non-hydrogen) atoms. The summed E-state index contributed by atoms with van der Waals surface area (Å²) in [5.41, 5.74) is 1.02. The second kappa shape index (κ2) is 8.45. The fraction of sp³-hybridized carbons (Fsp3) is 0.529. The van der Waals surface area contributed by atoms with Gasteiger partial charge in [-0.25, -0.2) is 0 Å². The first kappa shape index (κ1) is 17.2. The van der Waals surface area contributed by atoms with E-state index in [-0.39, 0.29) is 11.8 Å². The average molecular weight is 290 g/mol. The first-order valence-corrected chi connectivity index (χ1v) is 7.50. The molecule has 0 saturated carbocycles. The van der Waals surface area contributed by atoms with Crippen molar-refractivity contribution in [3.8, 4) is 0 Å². The van der Waals surface area contributed by atoms with E-state index in [1.165, 1.54) is 6.92 Å². The summed E-state index contributed by atoms with van der Waals surface area (Å²) in [7, 11) is 0. The van der Waals surface area contributed by atoms with E-state index in [9.17, 15) is 9.59 Å².